The summed E-state index contributed by atoms with van der Waals surface area (Å²) >= 11 is 0. The second-order valence-electron chi connectivity index (χ2n) is 4.21. The average Bonchev–Trinajstić information content (AvgIpc) is 2.88. The molecule has 1 saturated carbocycles. The van der Waals surface area contributed by atoms with Gasteiger partial charge in [-0.3, -0.25) is 9.69 Å². The maximum atomic E-state index is 11.6. The van der Waals surface area contributed by atoms with E-state index in [1.54, 1.807) is 0 Å². The molecular formula is C11H17NO. The minimum atomic E-state index is 0.356. The van der Waals surface area contributed by atoms with Gasteiger partial charge in [0.05, 0.1) is 6.54 Å². The van der Waals surface area contributed by atoms with Gasteiger partial charge in [0.1, 0.15) is 0 Å². The molecule has 0 amide bonds. The van der Waals surface area contributed by atoms with Crippen LogP contribution in [0.15, 0.2) is 11.6 Å². The number of carbonyl (C=O) groups is 1. The zero-order valence-electron chi connectivity index (χ0n) is 8.42. The Labute approximate surface area is 79.6 Å². The lowest BCUT2D eigenvalue weighted by Gasteiger charge is -2.29. The summed E-state index contributed by atoms with van der Waals surface area (Å²) in [5, 5.41) is 0. The van der Waals surface area contributed by atoms with Crippen molar-refractivity contribution in [2.24, 2.45) is 5.92 Å². The Morgan fingerprint density at radius 1 is 1.54 bits per heavy atom. The molecule has 1 fully saturated rings. The lowest BCUT2D eigenvalue weighted by Crippen LogP contribution is -2.39. The average molecular weight is 179 g/mol. The second-order valence-corrected chi connectivity index (χ2v) is 4.21. The Hall–Kier alpha value is -0.630. The van der Waals surface area contributed by atoms with Crippen molar-refractivity contribution in [3.05, 3.63) is 11.6 Å². The molecule has 0 aromatic carbocycles. The molecule has 2 heteroatoms. The summed E-state index contributed by atoms with van der Waals surface area (Å²) in [5.41, 5.74) is 1.13. The zero-order chi connectivity index (χ0) is 9.42. The van der Waals surface area contributed by atoms with Gasteiger partial charge in [-0.05, 0) is 37.8 Å². The second kappa shape index (κ2) is 3.26. The maximum absolute atomic E-state index is 11.6. The first kappa shape index (κ1) is 8.95. The minimum absolute atomic E-state index is 0.356. The quantitative estimate of drug-likeness (QED) is 0.642. The number of carbonyl (C=O) groups excluding carboxylic acids is 1. The maximum Gasteiger partial charge on any atom is 0.172 e. The zero-order valence-corrected chi connectivity index (χ0v) is 8.42. The minimum Gasteiger partial charge on any atom is -0.293 e. The van der Waals surface area contributed by atoms with Crippen molar-refractivity contribution < 1.29 is 4.79 Å². The van der Waals surface area contributed by atoms with Gasteiger partial charge < -0.3 is 0 Å². The third-order valence-corrected chi connectivity index (χ3v) is 3.09. The van der Waals surface area contributed by atoms with Crippen molar-refractivity contribution >= 4 is 5.78 Å². The van der Waals surface area contributed by atoms with E-state index < -0.39 is 0 Å². The van der Waals surface area contributed by atoms with Crippen LogP contribution in [0.2, 0.25) is 0 Å². The molecule has 72 valence electrons. The lowest BCUT2D eigenvalue weighted by molar-refractivity contribution is -0.117. The number of hydrogen-bond acceptors (Lipinski definition) is 2. The molecule has 0 bridgehead atoms. The lowest BCUT2D eigenvalue weighted by atomic mass is 9.97. The van der Waals surface area contributed by atoms with E-state index in [1.807, 2.05) is 7.05 Å². The summed E-state index contributed by atoms with van der Waals surface area (Å²) in [4.78, 5) is 13.8. The monoisotopic (exact) mass is 179 g/mol. The molecule has 1 aliphatic heterocycles. The number of rotatable bonds is 2. The van der Waals surface area contributed by atoms with Crippen LogP contribution in [0.1, 0.15) is 26.2 Å². The highest BCUT2D eigenvalue weighted by Gasteiger charge is 2.34. The van der Waals surface area contributed by atoms with Crippen molar-refractivity contribution in [1.82, 2.24) is 4.90 Å². The van der Waals surface area contributed by atoms with Crippen molar-refractivity contribution in [3.8, 4) is 0 Å². The van der Waals surface area contributed by atoms with Crippen LogP contribution in [0.4, 0.5) is 0 Å². The Bertz CT molecular complexity index is 253. The fourth-order valence-corrected chi connectivity index (χ4v) is 2.05. The summed E-state index contributed by atoms with van der Waals surface area (Å²) in [6.07, 6.45) is 5.78. The van der Waals surface area contributed by atoms with Gasteiger partial charge in [-0.25, -0.2) is 0 Å². The molecule has 0 aromatic rings. The smallest absolute Gasteiger partial charge is 0.172 e. The van der Waals surface area contributed by atoms with Crippen LogP contribution in [-0.4, -0.2) is 30.3 Å². The van der Waals surface area contributed by atoms with Crippen molar-refractivity contribution in [2.75, 3.05) is 13.6 Å². The summed E-state index contributed by atoms with van der Waals surface area (Å²) in [7, 11) is 2.03. The molecule has 0 aromatic heterocycles. The van der Waals surface area contributed by atoms with Gasteiger partial charge in [0, 0.05) is 6.04 Å². The van der Waals surface area contributed by atoms with Crippen molar-refractivity contribution in [3.63, 3.8) is 0 Å². The fraction of sp³-hybridized carbons (Fsp3) is 0.727. The summed E-state index contributed by atoms with van der Waals surface area (Å²) < 4.78 is 0. The normalized spacial score (nSPS) is 30.5. The molecule has 1 atom stereocenters. The summed E-state index contributed by atoms with van der Waals surface area (Å²) in [6.45, 7) is 2.80. The molecule has 0 spiro atoms. The molecule has 2 rings (SSSR count). The van der Waals surface area contributed by atoms with Crippen LogP contribution in [0.5, 0.6) is 0 Å². The molecule has 1 aliphatic carbocycles. The Balaban J connectivity index is 2.18. The summed E-state index contributed by atoms with van der Waals surface area (Å²) in [6, 6.07) is 0.494. The Morgan fingerprint density at radius 3 is 2.77 bits per heavy atom. The highest BCUT2D eigenvalue weighted by molar-refractivity contribution is 5.98. The molecule has 0 unspecified atom stereocenters. The van der Waals surface area contributed by atoms with E-state index in [4.69, 9.17) is 0 Å². The predicted molar refractivity (Wildman–Crippen MR) is 52.5 cm³/mol. The van der Waals surface area contributed by atoms with Gasteiger partial charge in [0.2, 0.25) is 0 Å². The molecule has 0 N–H and O–H groups in total. The first-order chi connectivity index (χ1) is 6.22. The van der Waals surface area contributed by atoms with Gasteiger partial charge in [-0.15, -0.1) is 0 Å². The first-order valence-corrected chi connectivity index (χ1v) is 5.17. The van der Waals surface area contributed by atoms with Gasteiger partial charge in [-0.1, -0.05) is 13.0 Å². The van der Waals surface area contributed by atoms with E-state index in [-0.39, 0.29) is 0 Å². The van der Waals surface area contributed by atoms with E-state index >= 15 is 0 Å². The van der Waals surface area contributed by atoms with Crippen LogP contribution < -0.4 is 0 Å². The number of nitrogens with zero attached hydrogens (tertiary/aromatic N) is 1. The molecule has 2 nitrogen and oxygen atoms in total. The third-order valence-electron chi connectivity index (χ3n) is 3.09. The third kappa shape index (κ3) is 1.68. The molecule has 1 heterocycles. The standard InChI is InChI=1S/C11H17NO/c1-3-9-6-10(8-4-5-8)11(13)7-12(9)2/h6,8-9H,3-5,7H2,1-2H3/t9-/m1/s1. The van der Waals surface area contributed by atoms with Crippen molar-refractivity contribution in [1.29, 1.82) is 0 Å². The number of ketones is 1. The van der Waals surface area contributed by atoms with Crippen molar-refractivity contribution in [2.45, 2.75) is 32.2 Å². The van der Waals surface area contributed by atoms with Gasteiger partial charge in [0.25, 0.3) is 0 Å². The van der Waals surface area contributed by atoms with E-state index in [0.29, 0.717) is 24.3 Å². The molecule has 0 radical (unpaired) electrons. The van der Waals surface area contributed by atoms with E-state index in [9.17, 15) is 4.79 Å². The highest BCUT2D eigenvalue weighted by atomic mass is 16.1. The van der Waals surface area contributed by atoms with Gasteiger partial charge >= 0.3 is 0 Å². The fourth-order valence-electron chi connectivity index (χ4n) is 2.05. The molecule has 2 aliphatic rings. The largest absolute Gasteiger partial charge is 0.293 e. The predicted octanol–water partition coefficient (Wildman–Crippen LogP) is 1.62. The SMILES string of the molecule is CC[C@@H]1C=C(C2CC2)C(=O)CN1C. The van der Waals surface area contributed by atoms with Crippen LogP contribution in [0.25, 0.3) is 0 Å². The Kier molecular flexibility index (Phi) is 2.24. The topological polar surface area (TPSA) is 20.3 Å². The van der Waals surface area contributed by atoms with Gasteiger partial charge in [-0.2, -0.15) is 0 Å². The van der Waals surface area contributed by atoms with Crippen LogP contribution in [0, 0.1) is 5.92 Å². The number of Topliss-reactive ketones (excluding diaryl/α,β-unsaturated/α-hetero) is 1. The molecular weight excluding hydrogens is 162 g/mol. The highest BCUT2D eigenvalue weighted by Crippen LogP contribution is 2.38. The molecule has 0 saturated heterocycles. The number of likely N-dealkylation sites (N-methyl/N-ethyl adjacent to an activating group) is 1. The van der Waals surface area contributed by atoms with E-state index in [1.165, 1.54) is 12.8 Å². The summed E-state index contributed by atoms with van der Waals surface area (Å²) in [5.74, 6) is 0.977. The molecule has 13 heavy (non-hydrogen) atoms. The number of hydrogen-bond donors (Lipinski definition) is 0. The first-order valence-electron chi connectivity index (χ1n) is 5.17. The van der Waals surface area contributed by atoms with Crippen LogP contribution in [0.3, 0.4) is 0 Å². The van der Waals surface area contributed by atoms with Gasteiger partial charge in [0.15, 0.2) is 5.78 Å². The van der Waals surface area contributed by atoms with Crippen LogP contribution in [-0.2, 0) is 4.79 Å². The Morgan fingerprint density at radius 2 is 2.23 bits per heavy atom. The van der Waals surface area contributed by atoms with Crippen LogP contribution >= 0.6 is 0 Å². The van der Waals surface area contributed by atoms with E-state index in [2.05, 4.69) is 17.9 Å². The van der Waals surface area contributed by atoms with E-state index in [0.717, 1.165) is 12.0 Å².